The Kier molecular flexibility index (Phi) is 6.60. The van der Waals surface area contributed by atoms with Crippen LogP contribution < -0.4 is 0 Å². The Balaban J connectivity index is 1.66. The highest BCUT2D eigenvalue weighted by Crippen LogP contribution is 2.67. The molecular formula is C32H42O10. The lowest BCUT2D eigenvalue weighted by Crippen LogP contribution is -2.82. The van der Waals surface area contributed by atoms with Crippen LogP contribution in [0.25, 0.3) is 0 Å². The van der Waals surface area contributed by atoms with Crippen molar-refractivity contribution in [1.29, 1.82) is 0 Å². The second-order valence-corrected chi connectivity index (χ2v) is 14.0. The Bertz CT molecular complexity index is 1320. The quantitative estimate of drug-likeness (QED) is 0.358. The van der Waals surface area contributed by atoms with Crippen LogP contribution in [-0.2, 0) is 28.5 Å². The molecule has 10 heteroatoms. The maximum Gasteiger partial charge on any atom is 0.338 e. The van der Waals surface area contributed by atoms with Gasteiger partial charge in [-0.3, -0.25) is 4.79 Å². The van der Waals surface area contributed by atoms with E-state index in [1.807, 2.05) is 27.7 Å². The first-order valence-electron chi connectivity index (χ1n) is 14.7. The third kappa shape index (κ3) is 3.85. The Morgan fingerprint density at radius 3 is 2.29 bits per heavy atom. The van der Waals surface area contributed by atoms with Gasteiger partial charge in [0.15, 0.2) is 11.4 Å². The molecule has 2 saturated heterocycles. The number of aliphatic hydroxyl groups excluding tert-OH is 2. The molecule has 1 aromatic rings. The number of carbonyl (C=O) groups is 2. The van der Waals surface area contributed by atoms with Crippen molar-refractivity contribution in [3.8, 4) is 0 Å². The molecule has 2 heterocycles. The van der Waals surface area contributed by atoms with Crippen LogP contribution in [0.5, 0.6) is 0 Å². The van der Waals surface area contributed by atoms with Crippen molar-refractivity contribution in [1.82, 2.24) is 0 Å². The zero-order valence-electron chi connectivity index (χ0n) is 25.2. The van der Waals surface area contributed by atoms with Gasteiger partial charge in [0.25, 0.3) is 0 Å². The summed E-state index contributed by atoms with van der Waals surface area (Å²) in [7, 11) is 0. The molecule has 0 spiro atoms. The smallest absolute Gasteiger partial charge is 0.338 e. The van der Waals surface area contributed by atoms with Crippen molar-refractivity contribution in [3.05, 3.63) is 47.0 Å². The lowest BCUT2D eigenvalue weighted by Gasteiger charge is -2.68. The molecule has 4 fully saturated rings. The Morgan fingerprint density at radius 1 is 1.02 bits per heavy atom. The minimum Gasteiger partial charge on any atom is -0.455 e. The molecule has 3 aliphatic carbocycles. The van der Waals surface area contributed by atoms with Gasteiger partial charge in [0, 0.05) is 30.6 Å². The van der Waals surface area contributed by atoms with Gasteiger partial charge in [-0.25, -0.2) is 4.79 Å². The van der Waals surface area contributed by atoms with Crippen molar-refractivity contribution in [2.75, 3.05) is 6.61 Å². The molecule has 2 bridgehead atoms. The number of ether oxygens (including phenoxy) is 5. The zero-order chi connectivity index (χ0) is 30.6. The molecule has 10 nitrogen and oxygen atoms in total. The Labute approximate surface area is 245 Å². The highest BCUT2D eigenvalue weighted by Gasteiger charge is 2.79. The molecule has 230 valence electrons. The van der Waals surface area contributed by atoms with Gasteiger partial charge < -0.3 is 39.0 Å². The van der Waals surface area contributed by atoms with Crippen LogP contribution in [0, 0.1) is 16.7 Å². The molecule has 6 rings (SSSR count). The molecule has 2 saturated carbocycles. The Hall–Kier alpha value is -2.34. The summed E-state index contributed by atoms with van der Waals surface area (Å²) < 4.78 is 31.6. The van der Waals surface area contributed by atoms with Gasteiger partial charge in [-0.2, -0.15) is 0 Å². The van der Waals surface area contributed by atoms with Crippen LogP contribution in [-0.4, -0.2) is 87.5 Å². The summed E-state index contributed by atoms with van der Waals surface area (Å²) in [4.78, 5) is 26.5. The number of hydrogen-bond donors (Lipinski definition) is 3. The number of hydrogen-bond acceptors (Lipinski definition) is 10. The third-order valence-corrected chi connectivity index (χ3v) is 10.9. The molecule has 1 aromatic carbocycles. The number of aliphatic hydroxyl groups is 3. The topological polar surface area (TPSA) is 141 Å². The van der Waals surface area contributed by atoms with Crippen LogP contribution in [0.1, 0.15) is 71.7 Å². The third-order valence-electron chi connectivity index (χ3n) is 10.9. The summed E-state index contributed by atoms with van der Waals surface area (Å²) in [5.41, 5.74) is -4.08. The molecule has 0 amide bonds. The zero-order valence-corrected chi connectivity index (χ0v) is 25.2. The molecule has 42 heavy (non-hydrogen) atoms. The lowest BCUT2D eigenvalue weighted by molar-refractivity contribution is -0.362. The van der Waals surface area contributed by atoms with Crippen molar-refractivity contribution in [2.24, 2.45) is 16.7 Å². The highest BCUT2D eigenvalue weighted by atomic mass is 16.8. The highest BCUT2D eigenvalue weighted by molar-refractivity contribution is 5.89. The van der Waals surface area contributed by atoms with Gasteiger partial charge in [-0.05, 0) is 44.1 Å². The van der Waals surface area contributed by atoms with Crippen molar-refractivity contribution >= 4 is 11.9 Å². The van der Waals surface area contributed by atoms with E-state index in [1.54, 1.807) is 44.2 Å². The van der Waals surface area contributed by atoms with Gasteiger partial charge in [0.1, 0.15) is 23.9 Å². The second kappa shape index (κ2) is 9.33. The summed E-state index contributed by atoms with van der Waals surface area (Å²) >= 11 is 0. The van der Waals surface area contributed by atoms with Gasteiger partial charge >= 0.3 is 11.9 Å². The van der Waals surface area contributed by atoms with Crippen LogP contribution >= 0.6 is 0 Å². The molecule has 0 aromatic heterocycles. The maximum atomic E-state index is 13.8. The molecule has 2 aliphatic heterocycles. The SMILES string of the molecule is CC(=O)O[C@@]12CO[C@@H]1CC(O)[C@@]1(C)[C@@H]3OC(C)(C)O[C@@H]3C3=C(C)[C@@H](O)C[C@@](O)([C@@H](OC(=O)c4ccccc4)[C@H]21)C3(C)C. The van der Waals surface area contributed by atoms with Gasteiger partial charge in [-0.1, -0.05) is 39.0 Å². The van der Waals surface area contributed by atoms with E-state index in [0.29, 0.717) is 11.1 Å². The minimum absolute atomic E-state index is 0.0218. The standard InChI is InChI=1S/C32H42O10/c1-16-19(34)14-32(37)26(39-27(36)18-11-9-8-10-12-18)24-30(7,20(35)13-21-31(24,15-38-21)40-17(2)33)25-23(22(16)28(32,3)4)41-29(5,6)42-25/h8-12,19-21,23-26,34-35,37H,13-15H2,1-7H3/t19-,20?,21+,23+,24-,25+,26-,30+,31-,32+/m0/s1. The number of rotatable bonds is 3. The fourth-order valence-corrected chi connectivity index (χ4v) is 8.77. The number of benzene rings is 1. The van der Waals surface area contributed by atoms with Gasteiger partial charge in [0.05, 0.1) is 36.4 Å². The van der Waals surface area contributed by atoms with Gasteiger partial charge in [-0.15, -0.1) is 0 Å². The average molecular weight is 587 g/mol. The van der Waals surface area contributed by atoms with Crippen LogP contribution in [0.15, 0.2) is 41.5 Å². The van der Waals surface area contributed by atoms with E-state index in [2.05, 4.69) is 0 Å². The van der Waals surface area contributed by atoms with E-state index in [1.165, 1.54) is 6.92 Å². The largest absolute Gasteiger partial charge is 0.455 e. The fraction of sp³-hybridized carbons (Fsp3) is 0.688. The van der Waals surface area contributed by atoms with Crippen LogP contribution in [0.2, 0.25) is 0 Å². The molecular weight excluding hydrogens is 544 g/mol. The van der Waals surface area contributed by atoms with Crippen molar-refractivity contribution in [2.45, 2.75) is 115 Å². The maximum absolute atomic E-state index is 13.8. The van der Waals surface area contributed by atoms with Crippen molar-refractivity contribution < 1.29 is 48.6 Å². The number of esters is 2. The molecule has 10 atom stereocenters. The summed E-state index contributed by atoms with van der Waals surface area (Å²) in [6.07, 6.45) is -5.84. The van der Waals surface area contributed by atoms with E-state index in [9.17, 15) is 24.9 Å². The minimum atomic E-state index is -1.89. The Morgan fingerprint density at radius 2 is 1.69 bits per heavy atom. The average Bonchev–Trinajstić information content (AvgIpc) is 3.22. The van der Waals surface area contributed by atoms with E-state index in [0.717, 1.165) is 0 Å². The first-order valence-corrected chi connectivity index (χ1v) is 14.7. The number of carbonyl (C=O) groups excluding carboxylic acids is 2. The second-order valence-electron chi connectivity index (χ2n) is 14.0. The molecule has 0 radical (unpaired) electrons. The molecule has 1 unspecified atom stereocenters. The van der Waals surface area contributed by atoms with Crippen molar-refractivity contribution in [3.63, 3.8) is 0 Å². The predicted octanol–water partition coefficient (Wildman–Crippen LogP) is 2.67. The number of fused-ring (bicyclic) bond motifs is 8. The first kappa shape index (κ1) is 29.7. The summed E-state index contributed by atoms with van der Waals surface area (Å²) in [5, 5.41) is 36.5. The van der Waals surface area contributed by atoms with Crippen LogP contribution in [0.3, 0.4) is 0 Å². The molecule has 3 N–H and O–H groups in total. The first-order chi connectivity index (χ1) is 19.5. The summed E-state index contributed by atoms with van der Waals surface area (Å²) in [6.45, 7) is 12.2. The van der Waals surface area contributed by atoms with E-state index >= 15 is 0 Å². The predicted molar refractivity (Wildman–Crippen MR) is 148 cm³/mol. The van der Waals surface area contributed by atoms with E-state index in [4.69, 9.17) is 23.7 Å². The molecule has 5 aliphatic rings. The van der Waals surface area contributed by atoms with Crippen LogP contribution in [0.4, 0.5) is 0 Å². The van der Waals surface area contributed by atoms with Gasteiger partial charge in [0.2, 0.25) is 0 Å². The lowest BCUT2D eigenvalue weighted by atomic mass is 9.44. The fourth-order valence-electron chi connectivity index (χ4n) is 8.77. The van der Waals surface area contributed by atoms with E-state index in [-0.39, 0.29) is 25.0 Å². The normalized spacial score (nSPS) is 44.9. The van der Waals surface area contributed by atoms with E-state index < -0.39 is 82.3 Å². The summed E-state index contributed by atoms with van der Waals surface area (Å²) in [6, 6.07) is 8.43. The summed E-state index contributed by atoms with van der Waals surface area (Å²) in [5.74, 6) is -3.35. The monoisotopic (exact) mass is 586 g/mol.